The van der Waals surface area contributed by atoms with Gasteiger partial charge in [-0.3, -0.25) is 4.79 Å². The summed E-state index contributed by atoms with van der Waals surface area (Å²) in [6, 6.07) is 9.31. The zero-order chi connectivity index (χ0) is 14.5. The highest BCUT2D eigenvalue weighted by atomic mass is 16.5. The van der Waals surface area contributed by atoms with Crippen molar-refractivity contribution in [2.24, 2.45) is 5.73 Å². The number of aryl methyl sites for hydroxylation is 1. The normalized spacial score (nSPS) is 10.3. The minimum Gasteiger partial charge on any atom is -0.438 e. The molecule has 0 saturated heterocycles. The van der Waals surface area contributed by atoms with E-state index in [1.807, 2.05) is 31.3 Å². The topological polar surface area (TPSA) is 77.2 Å². The van der Waals surface area contributed by atoms with Crippen LogP contribution in [-0.2, 0) is 6.54 Å². The molecule has 1 amide bonds. The third-order valence-corrected chi connectivity index (χ3v) is 2.92. The molecule has 2 rings (SSSR count). The van der Waals surface area contributed by atoms with Gasteiger partial charge in [-0.05, 0) is 31.7 Å². The molecule has 0 atom stereocenters. The van der Waals surface area contributed by atoms with Crippen molar-refractivity contribution in [2.75, 3.05) is 7.05 Å². The van der Waals surface area contributed by atoms with E-state index in [2.05, 4.69) is 10.3 Å². The molecule has 0 aliphatic carbocycles. The van der Waals surface area contributed by atoms with Gasteiger partial charge >= 0.3 is 0 Å². The highest BCUT2D eigenvalue weighted by Gasteiger charge is 2.15. The van der Waals surface area contributed by atoms with E-state index in [0.717, 1.165) is 11.1 Å². The van der Waals surface area contributed by atoms with Crippen LogP contribution in [0.15, 0.2) is 36.5 Å². The highest BCUT2D eigenvalue weighted by molar-refractivity contribution is 5.96. The van der Waals surface area contributed by atoms with Crippen molar-refractivity contribution in [3.8, 4) is 11.6 Å². The lowest BCUT2D eigenvalue weighted by Gasteiger charge is -2.13. The number of rotatable bonds is 5. The summed E-state index contributed by atoms with van der Waals surface area (Å²) >= 11 is 0. The molecule has 0 saturated carbocycles. The van der Waals surface area contributed by atoms with E-state index < -0.39 is 5.91 Å². The van der Waals surface area contributed by atoms with Gasteiger partial charge in [0.2, 0.25) is 5.88 Å². The molecule has 20 heavy (non-hydrogen) atoms. The number of aromatic nitrogens is 1. The molecule has 5 heteroatoms. The van der Waals surface area contributed by atoms with E-state index in [4.69, 9.17) is 10.5 Å². The van der Waals surface area contributed by atoms with Gasteiger partial charge in [0.05, 0.1) is 0 Å². The third-order valence-electron chi connectivity index (χ3n) is 2.92. The Balaban J connectivity index is 2.40. The molecule has 2 aromatic rings. The Bertz CT molecular complexity index is 626. The highest BCUT2D eigenvalue weighted by Crippen LogP contribution is 2.27. The molecular weight excluding hydrogens is 254 g/mol. The second-order valence-corrected chi connectivity index (χ2v) is 4.41. The van der Waals surface area contributed by atoms with Crippen molar-refractivity contribution < 1.29 is 9.53 Å². The molecule has 0 bridgehead atoms. The molecule has 0 fully saturated rings. The van der Waals surface area contributed by atoms with E-state index in [1.165, 1.54) is 0 Å². The molecule has 0 spiro atoms. The van der Waals surface area contributed by atoms with Gasteiger partial charge < -0.3 is 15.8 Å². The Labute approximate surface area is 117 Å². The Morgan fingerprint density at radius 1 is 1.35 bits per heavy atom. The smallest absolute Gasteiger partial charge is 0.254 e. The number of carbonyl (C=O) groups is 1. The van der Waals surface area contributed by atoms with Crippen molar-refractivity contribution in [3.63, 3.8) is 0 Å². The molecule has 1 aromatic heterocycles. The number of nitrogens with two attached hydrogens (primary N) is 1. The van der Waals surface area contributed by atoms with E-state index >= 15 is 0 Å². The van der Waals surface area contributed by atoms with Crippen LogP contribution in [0.5, 0.6) is 11.6 Å². The zero-order valence-electron chi connectivity index (χ0n) is 11.5. The van der Waals surface area contributed by atoms with Gasteiger partial charge in [0, 0.05) is 18.3 Å². The van der Waals surface area contributed by atoms with Gasteiger partial charge in [-0.25, -0.2) is 4.98 Å². The molecule has 5 nitrogen and oxygen atoms in total. The fourth-order valence-electron chi connectivity index (χ4n) is 1.95. The van der Waals surface area contributed by atoms with Crippen LogP contribution >= 0.6 is 0 Å². The second kappa shape index (κ2) is 6.16. The summed E-state index contributed by atoms with van der Waals surface area (Å²) in [4.78, 5) is 15.6. The van der Waals surface area contributed by atoms with E-state index in [-0.39, 0.29) is 5.88 Å². The number of hydrogen-bond donors (Lipinski definition) is 2. The molecule has 104 valence electrons. The molecule has 1 heterocycles. The number of ether oxygens (including phenoxy) is 1. The van der Waals surface area contributed by atoms with Crippen LogP contribution < -0.4 is 15.8 Å². The second-order valence-electron chi connectivity index (χ2n) is 4.41. The first-order valence-electron chi connectivity index (χ1n) is 6.29. The lowest BCUT2D eigenvalue weighted by molar-refractivity contribution is 0.0997. The number of primary amides is 1. The first kappa shape index (κ1) is 14.0. The molecule has 1 aromatic carbocycles. The molecule has 3 N–H and O–H groups in total. The number of pyridine rings is 1. The van der Waals surface area contributed by atoms with Crippen LogP contribution in [0.25, 0.3) is 0 Å². The van der Waals surface area contributed by atoms with Gasteiger partial charge in [0.15, 0.2) is 0 Å². The van der Waals surface area contributed by atoms with Crippen molar-refractivity contribution in [1.82, 2.24) is 10.3 Å². The number of carbonyl (C=O) groups excluding carboxylic acids is 1. The fraction of sp³-hybridized carbons (Fsp3) is 0.200. The third kappa shape index (κ3) is 2.95. The van der Waals surface area contributed by atoms with Gasteiger partial charge in [-0.2, -0.15) is 0 Å². The van der Waals surface area contributed by atoms with Crippen LogP contribution in [0, 0.1) is 6.92 Å². The van der Waals surface area contributed by atoms with Crippen LogP contribution in [0.1, 0.15) is 21.5 Å². The predicted octanol–water partition coefficient (Wildman–Crippen LogP) is 2.00. The van der Waals surface area contributed by atoms with Gasteiger partial charge in [0.25, 0.3) is 5.91 Å². The van der Waals surface area contributed by atoms with Gasteiger partial charge in [0.1, 0.15) is 11.3 Å². The first-order valence-corrected chi connectivity index (χ1v) is 6.29. The maximum absolute atomic E-state index is 11.5. The molecule has 0 aliphatic rings. The summed E-state index contributed by atoms with van der Waals surface area (Å²) in [5.41, 5.74) is 7.43. The van der Waals surface area contributed by atoms with Gasteiger partial charge in [-0.1, -0.05) is 18.2 Å². The quantitative estimate of drug-likeness (QED) is 0.872. The summed E-state index contributed by atoms with van der Waals surface area (Å²) in [6.45, 7) is 2.46. The van der Waals surface area contributed by atoms with Crippen LogP contribution in [0.4, 0.5) is 0 Å². The van der Waals surface area contributed by atoms with E-state index in [9.17, 15) is 4.79 Å². The number of para-hydroxylation sites is 1. The summed E-state index contributed by atoms with van der Waals surface area (Å²) in [7, 11) is 1.86. The Morgan fingerprint density at radius 3 is 2.80 bits per heavy atom. The summed E-state index contributed by atoms with van der Waals surface area (Å²) in [5, 5.41) is 3.07. The fourth-order valence-corrected chi connectivity index (χ4v) is 1.95. The maximum Gasteiger partial charge on any atom is 0.254 e. The predicted molar refractivity (Wildman–Crippen MR) is 76.8 cm³/mol. The molecule has 0 unspecified atom stereocenters. The number of nitrogens with zero attached hydrogens (tertiary/aromatic N) is 1. The van der Waals surface area contributed by atoms with Crippen molar-refractivity contribution in [2.45, 2.75) is 13.5 Å². The monoisotopic (exact) mass is 271 g/mol. The Morgan fingerprint density at radius 2 is 2.10 bits per heavy atom. The Hall–Kier alpha value is -2.40. The molecule has 0 aliphatic heterocycles. The van der Waals surface area contributed by atoms with Crippen molar-refractivity contribution >= 4 is 5.91 Å². The first-order chi connectivity index (χ1) is 9.63. The average Bonchev–Trinajstić information content (AvgIpc) is 2.41. The lowest BCUT2D eigenvalue weighted by Crippen LogP contribution is -2.15. The van der Waals surface area contributed by atoms with Crippen LogP contribution in [0.2, 0.25) is 0 Å². The number of hydrogen-bond acceptors (Lipinski definition) is 4. The van der Waals surface area contributed by atoms with Crippen molar-refractivity contribution in [3.05, 3.63) is 53.2 Å². The standard InChI is InChI=1S/C15H17N3O2/c1-10-7-8-18-15(13(10)14(16)19)20-12-6-4-3-5-11(12)9-17-2/h3-8,17H,9H2,1-2H3,(H2,16,19). The SMILES string of the molecule is CNCc1ccccc1Oc1nccc(C)c1C(N)=O. The zero-order valence-corrected chi connectivity index (χ0v) is 11.5. The Kier molecular flexibility index (Phi) is 4.32. The summed E-state index contributed by atoms with van der Waals surface area (Å²) < 4.78 is 5.78. The summed E-state index contributed by atoms with van der Waals surface area (Å²) in [6.07, 6.45) is 1.60. The average molecular weight is 271 g/mol. The number of nitrogens with one attached hydrogen (secondary N) is 1. The van der Waals surface area contributed by atoms with E-state index in [1.54, 1.807) is 19.2 Å². The molecular formula is C15H17N3O2. The molecule has 0 radical (unpaired) electrons. The van der Waals surface area contributed by atoms with Crippen molar-refractivity contribution in [1.29, 1.82) is 0 Å². The minimum atomic E-state index is -0.545. The maximum atomic E-state index is 11.5. The van der Waals surface area contributed by atoms with Crippen LogP contribution in [-0.4, -0.2) is 17.9 Å². The number of amides is 1. The minimum absolute atomic E-state index is 0.237. The largest absolute Gasteiger partial charge is 0.438 e. The van der Waals surface area contributed by atoms with Gasteiger partial charge in [-0.15, -0.1) is 0 Å². The lowest BCUT2D eigenvalue weighted by atomic mass is 10.1. The van der Waals surface area contributed by atoms with E-state index in [0.29, 0.717) is 17.9 Å². The van der Waals surface area contributed by atoms with Crippen LogP contribution in [0.3, 0.4) is 0 Å². The summed E-state index contributed by atoms with van der Waals surface area (Å²) in [5.74, 6) is 0.347. The number of benzene rings is 1.